The van der Waals surface area contributed by atoms with Gasteiger partial charge in [0, 0.05) is 25.7 Å². The lowest BCUT2D eigenvalue weighted by Gasteiger charge is -2.32. The largest absolute Gasteiger partial charge is 0.384 e. The second-order valence-corrected chi connectivity index (χ2v) is 6.33. The molecule has 1 aliphatic heterocycles. The third kappa shape index (κ3) is 5.37. The molecule has 1 atom stereocenters. The molecule has 2 rings (SSSR count). The third-order valence-corrected chi connectivity index (χ3v) is 4.30. The maximum Gasteiger partial charge on any atom is 0.315 e. The minimum absolute atomic E-state index is 0.179. The van der Waals surface area contributed by atoms with Crippen molar-refractivity contribution in [1.82, 2.24) is 15.5 Å². The molecule has 1 unspecified atom stereocenters. The molecule has 0 radical (unpaired) electrons. The van der Waals surface area contributed by atoms with Gasteiger partial charge in [-0.05, 0) is 25.3 Å². The highest BCUT2D eigenvalue weighted by Crippen LogP contribution is 2.18. The van der Waals surface area contributed by atoms with E-state index in [1.54, 1.807) is 6.92 Å². The van der Waals surface area contributed by atoms with Crippen molar-refractivity contribution in [3.63, 3.8) is 0 Å². The molecule has 1 heterocycles. The Hall–Kier alpha value is -1.85. The lowest BCUT2D eigenvalue weighted by atomic mass is 9.96. The standard InChI is InChI=1S/C18H27N3O2/c1-3-11-21-12-9-16(10-13-21)20-17(22)19-14-18(2,23)15-7-5-4-6-8-15/h3-8,16,23H,1,9-14H2,2H3,(H2,19,20,22). The fourth-order valence-corrected chi connectivity index (χ4v) is 2.83. The number of carbonyl (C=O) groups excluding carboxylic acids is 1. The number of hydrogen-bond donors (Lipinski definition) is 3. The van der Waals surface area contributed by atoms with Crippen LogP contribution < -0.4 is 10.6 Å². The van der Waals surface area contributed by atoms with Gasteiger partial charge in [0.25, 0.3) is 0 Å². The first-order chi connectivity index (χ1) is 11.0. The number of carbonyl (C=O) groups is 1. The van der Waals surface area contributed by atoms with Crippen LogP contribution in [-0.2, 0) is 5.60 Å². The highest BCUT2D eigenvalue weighted by Gasteiger charge is 2.25. The first kappa shape index (κ1) is 17.5. The number of nitrogens with zero attached hydrogens (tertiary/aromatic N) is 1. The lowest BCUT2D eigenvalue weighted by Crippen LogP contribution is -2.50. The molecule has 1 aromatic carbocycles. The molecule has 5 nitrogen and oxygen atoms in total. The Morgan fingerprint density at radius 3 is 2.65 bits per heavy atom. The van der Waals surface area contributed by atoms with E-state index in [0.717, 1.165) is 38.0 Å². The summed E-state index contributed by atoms with van der Waals surface area (Å²) in [6.07, 6.45) is 3.79. The minimum Gasteiger partial charge on any atom is -0.384 e. The molecule has 3 N–H and O–H groups in total. The van der Waals surface area contributed by atoms with Gasteiger partial charge in [-0.25, -0.2) is 4.79 Å². The minimum atomic E-state index is -1.08. The molecule has 23 heavy (non-hydrogen) atoms. The Kier molecular flexibility index (Phi) is 6.19. The summed E-state index contributed by atoms with van der Waals surface area (Å²) in [4.78, 5) is 14.4. The van der Waals surface area contributed by atoms with Crippen LogP contribution >= 0.6 is 0 Å². The Balaban J connectivity index is 1.74. The molecule has 0 saturated carbocycles. The summed E-state index contributed by atoms with van der Waals surface area (Å²) in [7, 11) is 0. The van der Waals surface area contributed by atoms with Gasteiger partial charge in [0.05, 0.1) is 6.54 Å². The summed E-state index contributed by atoms with van der Waals surface area (Å²) in [5.74, 6) is 0. The number of piperidine rings is 1. The fraction of sp³-hybridized carbons (Fsp3) is 0.500. The van der Waals surface area contributed by atoms with Crippen molar-refractivity contribution in [2.75, 3.05) is 26.2 Å². The van der Waals surface area contributed by atoms with Gasteiger partial charge in [0.15, 0.2) is 0 Å². The lowest BCUT2D eigenvalue weighted by molar-refractivity contribution is 0.0591. The maximum atomic E-state index is 12.0. The van der Waals surface area contributed by atoms with Gasteiger partial charge < -0.3 is 15.7 Å². The summed E-state index contributed by atoms with van der Waals surface area (Å²) < 4.78 is 0. The van der Waals surface area contributed by atoms with Crippen LogP contribution in [0.2, 0.25) is 0 Å². The number of hydrogen-bond acceptors (Lipinski definition) is 3. The van der Waals surface area contributed by atoms with Gasteiger partial charge in [0.1, 0.15) is 5.60 Å². The van der Waals surface area contributed by atoms with Gasteiger partial charge in [-0.2, -0.15) is 0 Å². The van der Waals surface area contributed by atoms with Gasteiger partial charge in [-0.3, -0.25) is 4.90 Å². The second kappa shape index (κ2) is 8.13. The molecule has 0 aliphatic carbocycles. The summed E-state index contributed by atoms with van der Waals surface area (Å²) in [5, 5.41) is 16.2. The van der Waals surface area contributed by atoms with Crippen LogP contribution in [0, 0.1) is 0 Å². The maximum absolute atomic E-state index is 12.0. The van der Waals surface area contributed by atoms with E-state index in [1.807, 2.05) is 36.4 Å². The van der Waals surface area contributed by atoms with E-state index < -0.39 is 5.60 Å². The molecule has 1 saturated heterocycles. The van der Waals surface area contributed by atoms with Crippen LogP contribution in [-0.4, -0.2) is 48.3 Å². The number of benzene rings is 1. The highest BCUT2D eigenvalue weighted by molar-refractivity contribution is 5.74. The molecule has 5 heteroatoms. The van der Waals surface area contributed by atoms with Crippen molar-refractivity contribution >= 4 is 6.03 Å². The molecular weight excluding hydrogens is 290 g/mol. The summed E-state index contributed by atoms with van der Waals surface area (Å²) in [6.45, 7) is 8.48. The molecule has 0 aromatic heterocycles. The number of aliphatic hydroxyl groups is 1. The van der Waals surface area contributed by atoms with Crippen LogP contribution in [0.5, 0.6) is 0 Å². The van der Waals surface area contributed by atoms with Crippen molar-refractivity contribution in [2.45, 2.75) is 31.4 Å². The monoisotopic (exact) mass is 317 g/mol. The van der Waals surface area contributed by atoms with Crippen molar-refractivity contribution in [1.29, 1.82) is 0 Å². The quantitative estimate of drug-likeness (QED) is 0.702. The van der Waals surface area contributed by atoms with Crippen LogP contribution in [0.4, 0.5) is 4.79 Å². The van der Waals surface area contributed by atoms with Crippen LogP contribution in [0.1, 0.15) is 25.3 Å². The second-order valence-electron chi connectivity index (χ2n) is 6.33. The van der Waals surface area contributed by atoms with E-state index in [0.29, 0.717) is 0 Å². The number of nitrogens with one attached hydrogen (secondary N) is 2. The molecule has 1 aliphatic rings. The first-order valence-corrected chi connectivity index (χ1v) is 8.17. The first-order valence-electron chi connectivity index (χ1n) is 8.17. The van der Waals surface area contributed by atoms with E-state index in [9.17, 15) is 9.90 Å². The van der Waals surface area contributed by atoms with Crippen molar-refractivity contribution in [3.8, 4) is 0 Å². The predicted octanol–water partition coefficient (Wildman–Crippen LogP) is 1.84. The van der Waals surface area contributed by atoms with Gasteiger partial charge in [-0.1, -0.05) is 36.4 Å². The van der Waals surface area contributed by atoms with E-state index in [-0.39, 0.29) is 18.6 Å². The normalized spacial score (nSPS) is 18.9. The number of rotatable bonds is 6. The Bertz CT molecular complexity index is 508. The van der Waals surface area contributed by atoms with Crippen LogP contribution in [0.25, 0.3) is 0 Å². The number of amides is 2. The van der Waals surface area contributed by atoms with E-state index in [1.165, 1.54) is 0 Å². The fourth-order valence-electron chi connectivity index (χ4n) is 2.83. The van der Waals surface area contributed by atoms with Crippen molar-refractivity contribution < 1.29 is 9.90 Å². The van der Waals surface area contributed by atoms with Gasteiger partial charge in [-0.15, -0.1) is 6.58 Å². The third-order valence-electron chi connectivity index (χ3n) is 4.30. The Morgan fingerprint density at radius 2 is 2.04 bits per heavy atom. The Morgan fingerprint density at radius 1 is 1.39 bits per heavy atom. The van der Waals surface area contributed by atoms with E-state index in [4.69, 9.17) is 0 Å². The van der Waals surface area contributed by atoms with Crippen molar-refractivity contribution in [2.24, 2.45) is 0 Å². The topological polar surface area (TPSA) is 64.6 Å². The molecule has 1 aromatic rings. The summed E-state index contributed by atoms with van der Waals surface area (Å²) in [5.41, 5.74) is -0.288. The number of likely N-dealkylation sites (tertiary alicyclic amines) is 1. The Labute approximate surface area is 138 Å². The van der Waals surface area contributed by atoms with Crippen molar-refractivity contribution in [3.05, 3.63) is 48.6 Å². The molecule has 0 spiro atoms. The van der Waals surface area contributed by atoms with Crippen LogP contribution in [0.15, 0.2) is 43.0 Å². The molecule has 0 bridgehead atoms. The predicted molar refractivity (Wildman–Crippen MR) is 92.2 cm³/mol. The average Bonchev–Trinajstić information content (AvgIpc) is 2.56. The summed E-state index contributed by atoms with van der Waals surface area (Å²) in [6, 6.07) is 9.34. The van der Waals surface area contributed by atoms with Gasteiger partial charge in [0.2, 0.25) is 0 Å². The number of urea groups is 1. The zero-order valence-corrected chi connectivity index (χ0v) is 13.8. The van der Waals surface area contributed by atoms with Gasteiger partial charge >= 0.3 is 6.03 Å². The zero-order chi connectivity index (χ0) is 16.7. The summed E-state index contributed by atoms with van der Waals surface area (Å²) >= 11 is 0. The molecular formula is C18H27N3O2. The molecule has 126 valence electrons. The van der Waals surface area contributed by atoms with E-state index >= 15 is 0 Å². The highest BCUT2D eigenvalue weighted by atomic mass is 16.3. The smallest absolute Gasteiger partial charge is 0.315 e. The zero-order valence-electron chi connectivity index (χ0n) is 13.8. The SMILES string of the molecule is C=CCN1CCC(NC(=O)NCC(C)(O)c2ccccc2)CC1. The average molecular weight is 317 g/mol. The molecule has 2 amide bonds. The van der Waals surface area contributed by atoms with E-state index in [2.05, 4.69) is 22.1 Å². The van der Waals surface area contributed by atoms with Crippen LogP contribution in [0.3, 0.4) is 0 Å². The molecule has 1 fully saturated rings.